The maximum absolute atomic E-state index is 9.22. The molecule has 3 heterocycles. The smallest absolute Gasteiger partial charge is 0.201 e. The van der Waals surface area contributed by atoms with Crippen molar-refractivity contribution in [3.05, 3.63) is 234 Å². The highest BCUT2D eigenvalue weighted by molar-refractivity contribution is 5.73. The van der Waals surface area contributed by atoms with E-state index in [-0.39, 0.29) is 11.8 Å². The first-order valence-electron chi connectivity index (χ1n) is 32.8. The summed E-state index contributed by atoms with van der Waals surface area (Å²) < 4.78 is 24.9. The van der Waals surface area contributed by atoms with Gasteiger partial charge in [-0.3, -0.25) is 0 Å². The van der Waals surface area contributed by atoms with E-state index in [1.165, 1.54) is 172 Å². The van der Waals surface area contributed by atoms with Crippen molar-refractivity contribution < 1.29 is 16.4 Å². The lowest BCUT2D eigenvalue weighted by molar-refractivity contribution is -0.660. The van der Waals surface area contributed by atoms with E-state index in [1.807, 2.05) is 0 Å². The summed E-state index contributed by atoms with van der Waals surface area (Å²) >= 11 is 0. The Morgan fingerprint density at radius 3 is 0.988 bits per heavy atom. The SMILES string of the molecule is Cc1ccccc1-c1cc(-c2ccc(C3CC4CCC3CC4)cc2)cc[n+]1C.[2H]C1(c2ccc(-c3cc[n+](C)c(-c4ccccc4C)c3)cc2)CC2CCC1C2.[2H]C1(c2ccc(-c3cc[n+](C)c(-c4ccccc4C)c3)cc2)CC2CCC1CC2. The standard InChI is InChI=1S/2C27H30N.C26H28N/c2*1-19-5-3-4-6-25(19)27-18-24(15-16-28(27)2)21-11-13-23(14-12-21)26-17-20-7-9-22(26)10-8-20;1-18-5-3-4-6-24(18)26-17-22(13-14-27(26)2)20-9-11-21(12-10-20)25-16-19-7-8-23(25)15-19/h2*3-6,11-16,18,20,22,26H,7-10,17H2,1-2H3;3-6,9-14,17,19,23,25H,7-8,15-16H2,1-2H3/q3*+1/i26D;;25D. The number of hydrogen-bond donors (Lipinski definition) is 0. The first-order chi connectivity index (χ1) is 41.3. The third kappa shape index (κ3) is 11.7. The number of rotatable bonds is 9. The van der Waals surface area contributed by atoms with Crippen molar-refractivity contribution in [2.45, 2.75) is 128 Å². The second-order valence-corrected chi connectivity index (χ2v) is 26.1. The van der Waals surface area contributed by atoms with E-state index in [2.05, 4.69) is 256 Å². The molecule has 0 aliphatic heterocycles. The molecule has 5 atom stereocenters. The van der Waals surface area contributed by atoms with Crippen LogP contribution in [0.3, 0.4) is 0 Å². The molecule has 6 bridgehead atoms. The molecule has 6 aromatic carbocycles. The highest BCUT2D eigenvalue weighted by Gasteiger charge is 2.40. The van der Waals surface area contributed by atoms with Crippen LogP contribution in [0.4, 0.5) is 0 Å². The maximum Gasteiger partial charge on any atom is 0.213 e. The number of benzene rings is 6. The van der Waals surface area contributed by atoms with E-state index in [1.54, 1.807) is 5.56 Å². The average molecular weight is 1090 g/mol. The van der Waals surface area contributed by atoms with Crippen molar-refractivity contribution in [1.82, 2.24) is 0 Å². The minimum atomic E-state index is -0.366. The van der Waals surface area contributed by atoms with Gasteiger partial charge >= 0.3 is 0 Å². The van der Waals surface area contributed by atoms with Gasteiger partial charge in [-0.1, -0.05) is 159 Å². The largest absolute Gasteiger partial charge is 0.213 e. The summed E-state index contributed by atoms with van der Waals surface area (Å²) in [6, 6.07) is 66.5. The highest BCUT2D eigenvalue weighted by Crippen LogP contribution is 2.54. The highest BCUT2D eigenvalue weighted by atomic mass is 14.9. The molecule has 0 radical (unpaired) electrons. The van der Waals surface area contributed by atoms with Crippen LogP contribution in [-0.4, -0.2) is 0 Å². The van der Waals surface area contributed by atoms with Crippen molar-refractivity contribution >= 4 is 0 Å². The van der Waals surface area contributed by atoms with E-state index >= 15 is 0 Å². The van der Waals surface area contributed by atoms with E-state index < -0.39 is 0 Å². The normalized spacial score (nSPS) is 25.8. The van der Waals surface area contributed by atoms with Gasteiger partial charge < -0.3 is 0 Å². The summed E-state index contributed by atoms with van der Waals surface area (Å²) in [4.78, 5) is 0. The fraction of sp³-hybridized carbons (Fsp3) is 0.362. The quantitative estimate of drug-likeness (QED) is 0.128. The minimum Gasteiger partial charge on any atom is -0.201 e. The van der Waals surface area contributed by atoms with Crippen LogP contribution >= 0.6 is 0 Å². The van der Waals surface area contributed by atoms with Gasteiger partial charge in [-0.15, -0.1) is 0 Å². The van der Waals surface area contributed by atoms with Crippen LogP contribution in [0.2, 0.25) is 0 Å². The Morgan fingerprint density at radius 2 is 0.651 bits per heavy atom. The Bertz CT molecular complexity index is 3830. The molecule has 8 fully saturated rings. The van der Waals surface area contributed by atoms with Crippen LogP contribution in [-0.2, 0) is 21.1 Å². The molecule has 3 heteroatoms. The molecular weight excluding hydrogens is 1000 g/mol. The Kier molecular flexibility index (Phi) is 15.3. The van der Waals surface area contributed by atoms with Crippen molar-refractivity contribution in [2.75, 3.05) is 0 Å². The molecule has 0 N–H and O–H groups in total. The second kappa shape index (κ2) is 24.2. The van der Waals surface area contributed by atoms with Gasteiger partial charge in [-0.05, 0) is 217 Å². The lowest BCUT2D eigenvalue weighted by atomic mass is 9.63. The molecule has 8 aliphatic carbocycles. The van der Waals surface area contributed by atoms with Crippen LogP contribution in [0.15, 0.2) is 201 Å². The first kappa shape index (κ1) is 52.6. The minimum absolute atomic E-state index is 0.350. The predicted molar refractivity (Wildman–Crippen MR) is 343 cm³/mol. The molecule has 9 aromatic rings. The summed E-state index contributed by atoms with van der Waals surface area (Å²) in [5.74, 6) is 4.66. The molecule has 3 nitrogen and oxygen atoms in total. The third-order valence-electron chi connectivity index (χ3n) is 21.0. The fourth-order valence-electron chi connectivity index (χ4n) is 16.0. The van der Waals surface area contributed by atoms with Gasteiger partial charge in [0.2, 0.25) is 17.1 Å². The van der Waals surface area contributed by atoms with Gasteiger partial charge in [-0.25, -0.2) is 13.7 Å². The number of fused-ring (bicyclic) bond motifs is 8. The molecule has 0 saturated heterocycles. The Balaban J connectivity index is 0.000000119. The van der Waals surface area contributed by atoms with Gasteiger partial charge in [0.1, 0.15) is 21.1 Å². The molecule has 5 unspecified atom stereocenters. The van der Waals surface area contributed by atoms with Crippen LogP contribution in [0.5, 0.6) is 0 Å². The number of nitrogens with zero attached hydrogens (tertiary/aromatic N) is 3. The Hall–Kier alpha value is -7.23. The molecular formula is C80H88N3+3. The molecule has 0 amide bonds. The van der Waals surface area contributed by atoms with Gasteiger partial charge in [0, 0.05) is 55.8 Å². The van der Waals surface area contributed by atoms with Crippen LogP contribution in [0.1, 0.15) is 144 Å². The first-order valence-corrected chi connectivity index (χ1v) is 31.8. The molecule has 83 heavy (non-hydrogen) atoms. The van der Waals surface area contributed by atoms with Crippen LogP contribution in [0.25, 0.3) is 67.2 Å². The predicted octanol–water partition coefficient (Wildman–Crippen LogP) is 19.0. The fourth-order valence-corrected chi connectivity index (χ4v) is 16.0. The van der Waals surface area contributed by atoms with Gasteiger partial charge in [0.15, 0.2) is 18.6 Å². The zero-order valence-corrected chi connectivity index (χ0v) is 50.3. The Labute approximate surface area is 500 Å². The van der Waals surface area contributed by atoms with Gasteiger partial charge in [0.05, 0.1) is 0 Å². The van der Waals surface area contributed by atoms with E-state index in [9.17, 15) is 1.37 Å². The van der Waals surface area contributed by atoms with Crippen molar-refractivity contribution in [2.24, 2.45) is 56.7 Å². The van der Waals surface area contributed by atoms with Crippen LogP contribution < -0.4 is 13.7 Å². The van der Waals surface area contributed by atoms with Crippen molar-refractivity contribution in [1.29, 1.82) is 0 Å². The topological polar surface area (TPSA) is 11.6 Å². The molecule has 8 aliphatic rings. The Morgan fingerprint density at radius 1 is 0.313 bits per heavy atom. The number of aromatic nitrogens is 3. The summed E-state index contributed by atoms with van der Waals surface area (Å²) in [5, 5.41) is 0. The molecule has 420 valence electrons. The summed E-state index contributed by atoms with van der Waals surface area (Å²) in [5.41, 5.74) is 23.0. The van der Waals surface area contributed by atoms with Crippen molar-refractivity contribution in [3.63, 3.8) is 0 Å². The average Bonchev–Trinajstić information content (AvgIpc) is 3.91. The molecule has 8 saturated carbocycles. The summed E-state index contributed by atoms with van der Waals surface area (Å²) in [7, 11) is 6.34. The lowest BCUT2D eigenvalue weighted by Crippen LogP contribution is -2.30. The summed E-state index contributed by atoms with van der Waals surface area (Å²) in [6.45, 7) is 6.52. The van der Waals surface area contributed by atoms with E-state index in [4.69, 9.17) is 1.37 Å². The van der Waals surface area contributed by atoms with Crippen LogP contribution in [0, 0.1) is 56.3 Å². The monoisotopic (exact) mass is 1090 g/mol. The van der Waals surface area contributed by atoms with Gasteiger partial charge in [0.25, 0.3) is 0 Å². The molecule has 17 rings (SSSR count). The van der Waals surface area contributed by atoms with E-state index in [0.29, 0.717) is 11.8 Å². The lowest BCUT2D eigenvalue weighted by Gasteiger charge is -2.42. The zero-order chi connectivity index (χ0) is 58.4. The van der Waals surface area contributed by atoms with Gasteiger partial charge in [-0.2, -0.15) is 0 Å². The van der Waals surface area contributed by atoms with E-state index in [0.717, 1.165) is 42.4 Å². The second-order valence-electron chi connectivity index (χ2n) is 26.1. The third-order valence-corrected chi connectivity index (χ3v) is 21.0. The number of hydrogen-bond acceptors (Lipinski definition) is 0. The number of aryl methyl sites for hydroxylation is 6. The van der Waals surface area contributed by atoms with Crippen molar-refractivity contribution in [3.8, 4) is 67.2 Å². The number of pyridine rings is 3. The zero-order valence-electron chi connectivity index (χ0n) is 52.3. The molecule has 3 aromatic heterocycles. The molecule has 0 spiro atoms. The maximum atomic E-state index is 9.22. The summed E-state index contributed by atoms with van der Waals surface area (Å²) in [6.07, 6.45) is 24.9.